The van der Waals surface area contributed by atoms with Gasteiger partial charge in [-0.05, 0) is 114 Å². The van der Waals surface area contributed by atoms with Gasteiger partial charge in [-0.3, -0.25) is 9.59 Å². The number of carbonyl (C=O) groups is 4. The van der Waals surface area contributed by atoms with Crippen molar-refractivity contribution in [2.75, 3.05) is 18.1 Å². The van der Waals surface area contributed by atoms with Crippen molar-refractivity contribution in [1.82, 2.24) is 9.80 Å². The third-order valence-electron chi connectivity index (χ3n) is 13.4. The third kappa shape index (κ3) is 12.1. The highest BCUT2D eigenvalue weighted by Crippen LogP contribution is 2.39. The Balaban J connectivity index is 0.000000242. The molecule has 17 heteroatoms. The summed E-state index contributed by atoms with van der Waals surface area (Å²) in [5.41, 5.74) is 3.02. The second-order valence-electron chi connectivity index (χ2n) is 19.0. The number of rotatable bonds is 10. The quantitative estimate of drug-likeness (QED) is 0.0860. The van der Waals surface area contributed by atoms with E-state index in [2.05, 4.69) is 22.6 Å². The van der Waals surface area contributed by atoms with Crippen LogP contribution < -0.4 is 10.9 Å². The number of halogens is 3. The minimum atomic E-state index is -0.604. The molecule has 4 fully saturated rings. The first-order chi connectivity index (χ1) is 31.6. The number of hydrogen-bond acceptors (Lipinski definition) is 10. The van der Waals surface area contributed by atoms with Crippen LogP contribution in [-0.2, 0) is 56.9 Å². The van der Waals surface area contributed by atoms with Crippen LogP contribution in [0.3, 0.4) is 0 Å². The summed E-state index contributed by atoms with van der Waals surface area (Å²) < 4.78 is 34.7. The molecule has 0 N–H and O–H groups in total. The minimum absolute atomic E-state index is 0. The summed E-state index contributed by atoms with van der Waals surface area (Å²) >= 11 is 15.3. The number of benzene rings is 4. The van der Waals surface area contributed by atoms with E-state index in [1.165, 1.54) is 9.80 Å². The van der Waals surface area contributed by atoms with Gasteiger partial charge in [-0.25, -0.2) is 19.4 Å². The maximum absolute atomic E-state index is 13.3. The first-order valence-corrected chi connectivity index (χ1v) is 25.2. The van der Waals surface area contributed by atoms with Crippen molar-refractivity contribution in [1.29, 1.82) is 0 Å². The van der Waals surface area contributed by atoms with Crippen LogP contribution >= 0.6 is 45.8 Å². The van der Waals surface area contributed by atoms with E-state index < -0.39 is 54.7 Å². The van der Waals surface area contributed by atoms with E-state index in [0.29, 0.717) is 44.9 Å². The highest BCUT2D eigenvalue weighted by Gasteiger charge is 2.53. The van der Waals surface area contributed by atoms with Crippen LogP contribution in [0.1, 0.15) is 97.9 Å². The predicted molar refractivity (Wildman–Crippen MR) is 277 cm³/mol. The molecule has 4 aromatic carbocycles. The Bertz CT molecular complexity index is 2390. The molecule has 4 aromatic rings. The fourth-order valence-corrected chi connectivity index (χ4v) is 8.57. The Morgan fingerprint density at radius 3 is 1.44 bits per heavy atom. The van der Waals surface area contributed by atoms with Gasteiger partial charge >= 0.3 is 26.4 Å². The molecule has 0 unspecified atom stereocenters. The molecule has 12 nitrogen and oxygen atoms in total. The first-order valence-electron chi connectivity index (χ1n) is 22.3. The van der Waals surface area contributed by atoms with E-state index in [1.54, 1.807) is 19.1 Å². The van der Waals surface area contributed by atoms with Crippen LogP contribution in [0.15, 0.2) is 97.1 Å². The second-order valence-corrected chi connectivity index (χ2v) is 19.8. The number of alkyl halides is 1. The van der Waals surface area contributed by atoms with Crippen LogP contribution in [0.25, 0.3) is 0 Å². The second kappa shape index (κ2) is 22.4. The van der Waals surface area contributed by atoms with Crippen molar-refractivity contribution in [3.8, 4) is 0 Å². The summed E-state index contributed by atoms with van der Waals surface area (Å²) in [6.07, 6.45) is -0.0558. The van der Waals surface area contributed by atoms with Crippen molar-refractivity contribution < 1.29 is 47.3 Å². The topological polar surface area (TPSA) is 130 Å². The van der Waals surface area contributed by atoms with Crippen LogP contribution in [0.4, 0.5) is 9.59 Å². The van der Waals surface area contributed by atoms with Gasteiger partial charge in [-0.1, -0.05) is 138 Å². The number of nitrogens with zero attached hydrogens (tertiary/aromatic N) is 2. The van der Waals surface area contributed by atoms with E-state index >= 15 is 0 Å². The largest absolute Gasteiger partial charge is 0.496 e. The average Bonchev–Trinajstić information content (AvgIpc) is 3.96. The fourth-order valence-electron chi connectivity index (χ4n) is 8.00. The van der Waals surface area contributed by atoms with Gasteiger partial charge in [-0.15, -0.1) is 0 Å². The summed E-state index contributed by atoms with van der Waals surface area (Å²) in [6.45, 7) is 18.0. The summed E-state index contributed by atoms with van der Waals surface area (Å²) in [5, 5.41) is 0.911. The Morgan fingerprint density at radius 2 is 1.01 bits per heavy atom. The number of imide groups is 2. The molecule has 4 heterocycles. The molecular weight excluding hydrogens is 1020 g/mol. The van der Waals surface area contributed by atoms with Gasteiger partial charge in [0, 0.05) is 21.0 Å². The standard InChI is InChI=1S/C25H29BClNO5.C24H27BClNO5.CH3I.CH4/c1-16(22(29)28-19(15-31-23(28)30)13-17-9-7-6-8-10-17)18-11-12-20(21(27)14-18)26-32-24(2,3)25(4,5)33-26;1-23(2)24(3,4)32-25(31-23)19-11-10-17(13-20(19)26)14-21(28)27-18(15-30-22(27)29)12-16-8-6-5-7-9-16;1-2;/h6-12,14,16,19H,13,15H2,1-5H3;5-11,13,18H,12,14-15H2,1-4H3;1H3;1H4/t16-,19-;18-;;/m00../s1. The maximum atomic E-state index is 13.3. The number of hydrogen-bond donors (Lipinski definition) is 0. The highest BCUT2D eigenvalue weighted by atomic mass is 127. The number of amides is 4. The Labute approximate surface area is 426 Å². The number of carbonyl (C=O) groups excluding carboxylic acids is 4. The van der Waals surface area contributed by atoms with E-state index in [-0.39, 0.29) is 51.0 Å². The molecule has 68 heavy (non-hydrogen) atoms. The molecule has 4 amide bonds. The lowest BCUT2D eigenvalue weighted by atomic mass is 9.78. The molecule has 4 aliphatic rings. The van der Waals surface area contributed by atoms with Crippen LogP contribution in [0.2, 0.25) is 10.0 Å². The van der Waals surface area contributed by atoms with Crippen LogP contribution in [0, 0.1) is 0 Å². The minimum Gasteiger partial charge on any atom is -0.447 e. The van der Waals surface area contributed by atoms with E-state index in [9.17, 15) is 19.2 Å². The van der Waals surface area contributed by atoms with Gasteiger partial charge in [0.1, 0.15) is 13.2 Å². The molecule has 0 radical (unpaired) electrons. The maximum Gasteiger partial charge on any atom is 0.496 e. The Morgan fingerprint density at radius 1 is 0.618 bits per heavy atom. The third-order valence-corrected chi connectivity index (χ3v) is 14.0. The summed E-state index contributed by atoms with van der Waals surface area (Å²) in [5.74, 6) is -1.19. The van der Waals surface area contributed by atoms with Gasteiger partial charge < -0.3 is 28.1 Å². The summed E-state index contributed by atoms with van der Waals surface area (Å²) in [7, 11) is -1.17. The lowest BCUT2D eigenvalue weighted by Gasteiger charge is -2.32. The lowest BCUT2D eigenvalue weighted by Crippen LogP contribution is -2.42. The Kier molecular flexibility index (Phi) is 18.1. The molecule has 0 saturated carbocycles. The molecule has 4 aliphatic heterocycles. The lowest BCUT2D eigenvalue weighted by molar-refractivity contribution is -0.130. The molecular formula is C51H63B2Cl2IN2O10. The molecule has 0 aliphatic carbocycles. The van der Waals surface area contributed by atoms with Gasteiger partial charge in [0.25, 0.3) is 0 Å². The zero-order valence-electron chi connectivity index (χ0n) is 39.8. The van der Waals surface area contributed by atoms with Gasteiger partial charge in [0.15, 0.2) is 0 Å². The van der Waals surface area contributed by atoms with E-state index in [4.69, 9.17) is 51.3 Å². The van der Waals surface area contributed by atoms with Crippen molar-refractivity contribution >= 4 is 95.0 Å². The molecule has 0 spiro atoms. The fraction of sp³-hybridized carbons (Fsp3) is 0.451. The zero-order valence-corrected chi connectivity index (χ0v) is 43.4. The highest BCUT2D eigenvalue weighted by molar-refractivity contribution is 14.1. The van der Waals surface area contributed by atoms with Gasteiger partial charge in [0.05, 0.1) is 46.8 Å². The molecule has 3 atom stereocenters. The van der Waals surface area contributed by atoms with Crippen LogP contribution in [-0.4, -0.2) is 101 Å². The molecule has 8 rings (SSSR count). The first kappa shape index (κ1) is 55.0. The summed E-state index contributed by atoms with van der Waals surface area (Å²) in [6, 6.07) is 29.6. The van der Waals surface area contributed by atoms with Crippen molar-refractivity contribution in [3.05, 3.63) is 129 Å². The SMILES string of the molecule is C.CC1(C)OB(c2ccc(CC(=O)N3C(=O)OC[C@@H]3Cc3ccccc3)cc2Cl)OC1(C)C.CI.C[C@H](C(=O)N1C(=O)OC[C@@H]1Cc1ccccc1)c1ccc(B2OC(C)(C)C(C)(C)O2)c(Cl)c1. The molecule has 0 aromatic heterocycles. The monoisotopic (exact) mass is 1080 g/mol. The predicted octanol–water partition coefficient (Wildman–Crippen LogP) is 9.79. The molecule has 364 valence electrons. The Hall–Kier alpha value is -3.96. The molecule has 4 saturated heterocycles. The van der Waals surface area contributed by atoms with E-state index in [1.807, 2.05) is 145 Å². The van der Waals surface area contributed by atoms with Crippen molar-refractivity contribution in [2.45, 2.75) is 129 Å². The average molecular weight is 1080 g/mol. The van der Waals surface area contributed by atoms with Gasteiger partial charge in [0.2, 0.25) is 11.8 Å². The number of ether oxygens (including phenoxy) is 2. The smallest absolute Gasteiger partial charge is 0.447 e. The van der Waals surface area contributed by atoms with Crippen LogP contribution in [0.5, 0.6) is 0 Å². The summed E-state index contributed by atoms with van der Waals surface area (Å²) in [4.78, 5) is 55.4. The molecule has 0 bridgehead atoms. The van der Waals surface area contributed by atoms with Crippen molar-refractivity contribution in [3.63, 3.8) is 0 Å². The van der Waals surface area contributed by atoms with Crippen molar-refractivity contribution in [2.24, 2.45) is 0 Å². The normalized spacial score (nSPS) is 21.1. The van der Waals surface area contributed by atoms with E-state index in [0.717, 1.165) is 11.1 Å². The number of cyclic esters (lactones) is 2. The van der Waals surface area contributed by atoms with Gasteiger partial charge in [-0.2, -0.15) is 0 Å². The zero-order chi connectivity index (χ0) is 49.1.